The number of carbonyl (C=O) groups excluding carboxylic acids is 3. The number of carbonyl (C=O) groups is 3. The van der Waals surface area contributed by atoms with Gasteiger partial charge in [0.1, 0.15) is 0 Å². The van der Waals surface area contributed by atoms with Crippen molar-refractivity contribution >= 4 is 17.7 Å². The largest absolute Gasteiger partial charge is 0.343 e. The molecule has 0 aliphatic carbocycles. The fraction of sp³-hybridized carbons (Fsp3) is 0.609. The number of benzene rings is 1. The molecular weight excluding hydrogens is 382 g/mol. The first-order chi connectivity index (χ1) is 14.0. The van der Waals surface area contributed by atoms with E-state index in [0.29, 0.717) is 57.4 Å². The molecule has 7 nitrogen and oxygen atoms in total. The number of piperidine rings is 1. The van der Waals surface area contributed by atoms with E-state index < -0.39 is 11.3 Å². The molecule has 0 bridgehead atoms. The zero-order chi connectivity index (χ0) is 22.1. The topological polar surface area (TPSA) is 90.0 Å². The third-order valence-corrected chi connectivity index (χ3v) is 6.29. The van der Waals surface area contributed by atoms with Gasteiger partial charge in [-0.05, 0) is 47.9 Å². The Morgan fingerprint density at radius 1 is 1.07 bits per heavy atom. The van der Waals surface area contributed by atoms with E-state index >= 15 is 0 Å². The fourth-order valence-electron chi connectivity index (χ4n) is 4.34. The second-order valence-corrected chi connectivity index (χ2v) is 10.1. The lowest BCUT2D eigenvalue weighted by Gasteiger charge is -2.42. The summed E-state index contributed by atoms with van der Waals surface area (Å²) in [4.78, 5) is 41.3. The second kappa shape index (κ2) is 8.38. The quantitative estimate of drug-likeness (QED) is 0.587. The lowest BCUT2D eigenvalue weighted by Crippen LogP contribution is -2.51. The number of hydrogen-bond donors (Lipinski definition) is 2. The molecule has 1 aromatic carbocycles. The number of likely N-dealkylation sites (tertiary alicyclic amines) is 1. The summed E-state index contributed by atoms with van der Waals surface area (Å²) in [5.74, 6) is -0.212. The smallest absolute Gasteiger partial charge is 0.274 e. The van der Waals surface area contributed by atoms with Gasteiger partial charge in [-0.1, -0.05) is 33.8 Å². The molecule has 1 saturated heterocycles. The third kappa shape index (κ3) is 4.83. The monoisotopic (exact) mass is 415 g/mol. The average Bonchev–Trinajstić information content (AvgIpc) is 2.71. The van der Waals surface area contributed by atoms with Crippen molar-refractivity contribution in [1.82, 2.24) is 15.3 Å². The highest BCUT2D eigenvalue weighted by Crippen LogP contribution is 2.35. The summed E-state index contributed by atoms with van der Waals surface area (Å²) in [5, 5.41) is 8.81. The highest BCUT2D eigenvalue weighted by atomic mass is 16.5. The summed E-state index contributed by atoms with van der Waals surface area (Å²) < 4.78 is 0. The van der Waals surface area contributed by atoms with E-state index in [1.54, 1.807) is 17.6 Å². The molecule has 1 fully saturated rings. The van der Waals surface area contributed by atoms with Crippen molar-refractivity contribution in [3.05, 3.63) is 34.9 Å². The maximum atomic E-state index is 13.3. The van der Waals surface area contributed by atoms with Gasteiger partial charge in [-0.2, -0.15) is 0 Å². The predicted octanol–water partition coefficient (Wildman–Crippen LogP) is 2.76. The fourth-order valence-corrected chi connectivity index (χ4v) is 4.34. The number of fused-ring (bicyclic) bond motifs is 1. The minimum absolute atomic E-state index is 0.0352. The molecule has 2 aliphatic rings. The van der Waals surface area contributed by atoms with E-state index in [0.717, 1.165) is 11.1 Å². The van der Waals surface area contributed by atoms with E-state index in [4.69, 9.17) is 5.21 Å². The van der Waals surface area contributed by atoms with Crippen molar-refractivity contribution in [2.75, 3.05) is 19.6 Å². The highest BCUT2D eigenvalue weighted by Gasteiger charge is 2.41. The van der Waals surface area contributed by atoms with Gasteiger partial charge in [0.15, 0.2) is 0 Å². The first-order valence-electron chi connectivity index (χ1n) is 10.7. The maximum absolute atomic E-state index is 13.3. The summed E-state index contributed by atoms with van der Waals surface area (Å²) in [6.45, 7) is 10.6. The lowest BCUT2D eigenvalue weighted by molar-refractivity contribution is -0.148. The van der Waals surface area contributed by atoms with Crippen molar-refractivity contribution in [2.45, 2.75) is 59.9 Å². The number of rotatable bonds is 3. The van der Waals surface area contributed by atoms with E-state index in [-0.39, 0.29) is 17.2 Å². The van der Waals surface area contributed by atoms with Gasteiger partial charge in [-0.25, -0.2) is 5.48 Å². The number of amides is 3. The first-order valence-corrected chi connectivity index (χ1v) is 10.7. The number of hydroxylamine groups is 1. The Labute approximate surface area is 178 Å². The van der Waals surface area contributed by atoms with Crippen LogP contribution in [0, 0.1) is 10.8 Å². The van der Waals surface area contributed by atoms with Crippen LogP contribution in [0.1, 0.15) is 68.4 Å². The number of nitrogens with one attached hydrogen (secondary N) is 1. The summed E-state index contributed by atoms with van der Waals surface area (Å²) in [6, 6.07) is 5.30. The molecule has 0 radical (unpaired) electrons. The van der Waals surface area contributed by atoms with Gasteiger partial charge in [0.2, 0.25) is 11.8 Å². The Hall–Kier alpha value is -2.41. The average molecular weight is 416 g/mol. The summed E-state index contributed by atoms with van der Waals surface area (Å²) in [7, 11) is 0. The Morgan fingerprint density at radius 2 is 1.73 bits per heavy atom. The molecule has 0 saturated carbocycles. The van der Waals surface area contributed by atoms with Gasteiger partial charge in [0.05, 0.1) is 0 Å². The number of hydrogen-bond acceptors (Lipinski definition) is 4. The van der Waals surface area contributed by atoms with E-state index in [1.165, 1.54) is 0 Å². The van der Waals surface area contributed by atoms with Gasteiger partial charge < -0.3 is 9.80 Å². The molecule has 0 atom stereocenters. The molecule has 0 aromatic heterocycles. The minimum Gasteiger partial charge on any atom is -0.343 e. The van der Waals surface area contributed by atoms with Crippen LogP contribution in [0.4, 0.5) is 0 Å². The van der Waals surface area contributed by atoms with Crippen LogP contribution >= 0.6 is 0 Å². The molecule has 7 heteroatoms. The van der Waals surface area contributed by atoms with Gasteiger partial charge in [-0.3, -0.25) is 19.6 Å². The zero-order valence-electron chi connectivity index (χ0n) is 18.5. The number of nitrogens with zero attached hydrogens (tertiary/aromatic N) is 2. The molecule has 30 heavy (non-hydrogen) atoms. The molecule has 164 valence electrons. The summed E-state index contributed by atoms with van der Waals surface area (Å²) >= 11 is 0. The Morgan fingerprint density at radius 3 is 2.33 bits per heavy atom. The molecule has 2 N–H and O–H groups in total. The van der Waals surface area contributed by atoms with Crippen molar-refractivity contribution in [2.24, 2.45) is 10.8 Å². The molecule has 1 aromatic rings. The van der Waals surface area contributed by atoms with Crippen molar-refractivity contribution in [3.63, 3.8) is 0 Å². The standard InChI is InChI=1S/C23H33N3O4/c1-22(2,3)14-19(27)25-11-8-23(4,9-12-25)21(29)26-10-7-16-13-17(20(28)24-30)5-6-18(16)15-26/h5-6,13,30H,7-12,14-15H2,1-4H3,(H,24,28). The van der Waals surface area contributed by atoms with Crippen molar-refractivity contribution < 1.29 is 19.6 Å². The maximum Gasteiger partial charge on any atom is 0.274 e. The van der Waals surface area contributed by atoms with Crippen molar-refractivity contribution in [3.8, 4) is 0 Å². The van der Waals surface area contributed by atoms with Crippen LogP contribution < -0.4 is 5.48 Å². The normalized spacial score (nSPS) is 18.6. The van der Waals surface area contributed by atoms with Crippen LogP contribution in [-0.4, -0.2) is 52.4 Å². The molecule has 3 amide bonds. The summed E-state index contributed by atoms with van der Waals surface area (Å²) in [6.07, 6.45) is 2.57. The zero-order valence-corrected chi connectivity index (χ0v) is 18.5. The van der Waals surface area contributed by atoms with E-state index in [2.05, 4.69) is 20.8 Å². The molecule has 2 aliphatic heterocycles. The van der Waals surface area contributed by atoms with Crippen LogP contribution in [0.3, 0.4) is 0 Å². The van der Waals surface area contributed by atoms with Crippen LogP contribution in [0.5, 0.6) is 0 Å². The third-order valence-electron chi connectivity index (χ3n) is 6.29. The molecular formula is C23H33N3O4. The SMILES string of the molecule is CC(C)(C)CC(=O)N1CCC(C)(C(=O)N2CCc3cc(C(=O)NO)ccc3C2)CC1. The van der Waals surface area contributed by atoms with Gasteiger partial charge in [-0.15, -0.1) is 0 Å². The molecule has 3 rings (SSSR count). The Bertz CT molecular complexity index is 835. The molecule has 0 spiro atoms. The van der Waals surface area contributed by atoms with Gasteiger partial charge >= 0.3 is 0 Å². The van der Waals surface area contributed by atoms with Gasteiger partial charge in [0, 0.05) is 43.6 Å². The first kappa shape index (κ1) is 22.3. The van der Waals surface area contributed by atoms with Gasteiger partial charge in [0.25, 0.3) is 5.91 Å². The van der Waals surface area contributed by atoms with Crippen LogP contribution in [-0.2, 0) is 22.6 Å². The molecule has 2 heterocycles. The van der Waals surface area contributed by atoms with E-state index in [9.17, 15) is 14.4 Å². The van der Waals surface area contributed by atoms with Crippen LogP contribution in [0.15, 0.2) is 18.2 Å². The summed E-state index contributed by atoms with van der Waals surface area (Å²) in [5.41, 5.74) is 3.65. The van der Waals surface area contributed by atoms with Crippen LogP contribution in [0.2, 0.25) is 0 Å². The van der Waals surface area contributed by atoms with E-state index in [1.807, 2.05) is 22.8 Å². The van der Waals surface area contributed by atoms with Crippen LogP contribution in [0.25, 0.3) is 0 Å². The van der Waals surface area contributed by atoms with Crippen molar-refractivity contribution in [1.29, 1.82) is 0 Å². The molecule has 0 unspecified atom stereocenters. The highest BCUT2D eigenvalue weighted by molar-refractivity contribution is 5.93. The Balaban J connectivity index is 1.62. The Kier molecular flexibility index (Phi) is 6.22. The minimum atomic E-state index is -0.531. The predicted molar refractivity (Wildman–Crippen MR) is 113 cm³/mol. The second-order valence-electron chi connectivity index (χ2n) is 10.1. The lowest BCUT2D eigenvalue weighted by atomic mass is 9.78.